The lowest BCUT2D eigenvalue weighted by Gasteiger charge is -2.38. The number of benzene rings is 2. The van der Waals surface area contributed by atoms with Crippen LogP contribution in [0.15, 0.2) is 59.1 Å². The molecule has 0 amide bonds. The van der Waals surface area contributed by atoms with Crippen molar-refractivity contribution in [2.24, 2.45) is 5.92 Å². The number of rotatable bonds is 3. The molecule has 1 aliphatic heterocycles. The van der Waals surface area contributed by atoms with Gasteiger partial charge in [0, 0.05) is 10.4 Å². The molecule has 3 atom stereocenters. The normalized spacial score (nSPS) is 24.7. The topological polar surface area (TPSA) is 21.3 Å². The van der Waals surface area contributed by atoms with Gasteiger partial charge in [0.15, 0.2) is 0 Å². The molecule has 0 aromatic heterocycles. The fraction of sp³-hybridized carbons (Fsp3) is 0.300. The van der Waals surface area contributed by atoms with Gasteiger partial charge < -0.3 is 10.1 Å². The molecule has 23 heavy (non-hydrogen) atoms. The maximum absolute atomic E-state index is 5.86. The standard InChI is InChI=1S/C20H20BrNO/c1-2-23-18-11-5-10-17-15-8-4-9-16(15)19(22-20(17)18)13-6-3-7-14(21)12-13/h3-8,10-12,15-16,19,22H,2,9H2,1H3/t15-,16-,19-/m1/s1. The minimum atomic E-state index is 0.307. The second-order valence-corrected chi connectivity index (χ2v) is 7.10. The molecule has 0 bridgehead atoms. The molecule has 1 N–H and O–H groups in total. The van der Waals surface area contributed by atoms with Crippen molar-refractivity contribution in [3.05, 3.63) is 70.2 Å². The Morgan fingerprint density at radius 3 is 2.91 bits per heavy atom. The molecule has 118 valence electrons. The number of fused-ring (bicyclic) bond motifs is 3. The summed E-state index contributed by atoms with van der Waals surface area (Å²) in [7, 11) is 0. The third-order valence-electron chi connectivity index (χ3n) is 4.87. The van der Waals surface area contributed by atoms with Gasteiger partial charge in [-0.05, 0) is 48.6 Å². The van der Waals surface area contributed by atoms with E-state index in [0.29, 0.717) is 24.5 Å². The van der Waals surface area contributed by atoms with Gasteiger partial charge in [-0.15, -0.1) is 0 Å². The van der Waals surface area contributed by atoms with E-state index in [9.17, 15) is 0 Å². The van der Waals surface area contributed by atoms with Crippen LogP contribution in [0.5, 0.6) is 5.75 Å². The number of anilines is 1. The average molecular weight is 370 g/mol. The first-order chi connectivity index (χ1) is 11.3. The summed E-state index contributed by atoms with van der Waals surface area (Å²) in [4.78, 5) is 0. The Hall–Kier alpha value is -1.74. The van der Waals surface area contributed by atoms with Crippen LogP contribution in [0.3, 0.4) is 0 Å². The van der Waals surface area contributed by atoms with Gasteiger partial charge in [0.1, 0.15) is 5.75 Å². The third-order valence-corrected chi connectivity index (χ3v) is 5.36. The van der Waals surface area contributed by atoms with Gasteiger partial charge in [-0.3, -0.25) is 0 Å². The molecule has 2 aromatic rings. The van der Waals surface area contributed by atoms with E-state index in [2.05, 4.69) is 75.9 Å². The number of ether oxygens (including phenoxy) is 1. The van der Waals surface area contributed by atoms with Crippen molar-refractivity contribution >= 4 is 21.6 Å². The molecule has 4 rings (SSSR count). The number of hydrogen-bond acceptors (Lipinski definition) is 2. The van der Waals surface area contributed by atoms with Gasteiger partial charge >= 0.3 is 0 Å². The number of hydrogen-bond donors (Lipinski definition) is 1. The Kier molecular flexibility index (Phi) is 3.90. The van der Waals surface area contributed by atoms with E-state index < -0.39 is 0 Å². The molecule has 2 aliphatic rings. The first kappa shape index (κ1) is 14.8. The summed E-state index contributed by atoms with van der Waals surface area (Å²) in [6.45, 7) is 2.72. The summed E-state index contributed by atoms with van der Waals surface area (Å²) in [5, 5.41) is 3.78. The van der Waals surface area contributed by atoms with Crippen molar-refractivity contribution in [3.63, 3.8) is 0 Å². The predicted molar refractivity (Wildman–Crippen MR) is 98.1 cm³/mol. The highest BCUT2D eigenvalue weighted by atomic mass is 79.9. The van der Waals surface area contributed by atoms with Gasteiger partial charge in [-0.25, -0.2) is 0 Å². The quantitative estimate of drug-likeness (QED) is 0.703. The predicted octanol–water partition coefficient (Wildman–Crippen LogP) is 5.67. The summed E-state index contributed by atoms with van der Waals surface area (Å²) in [6, 6.07) is 15.3. The zero-order valence-corrected chi connectivity index (χ0v) is 14.7. The van der Waals surface area contributed by atoms with Crippen LogP contribution in [0, 0.1) is 5.92 Å². The van der Waals surface area contributed by atoms with E-state index in [1.807, 2.05) is 6.92 Å². The van der Waals surface area contributed by atoms with Crippen molar-refractivity contribution in [2.75, 3.05) is 11.9 Å². The van der Waals surface area contributed by atoms with Gasteiger partial charge in [0.25, 0.3) is 0 Å². The summed E-state index contributed by atoms with van der Waals surface area (Å²) in [5.74, 6) is 1.99. The van der Waals surface area contributed by atoms with Crippen LogP contribution in [0.2, 0.25) is 0 Å². The highest BCUT2D eigenvalue weighted by molar-refractivity contribution is 9.10. The molecule has 0 fully saturated rings. The number of nitrogens with one attached hydrogen (secondary N) is 1. The minimum absolute atomic E-state index is 0.307. The van der Waals surface area contributed by atoms with Gasteiger partial charge in [-0.2, -0.15) is 0 Å². The maximum atomic E-state index is 5.86. The molecular weight excluding hydrogens is 350 g/mol. The molecule has 0 radical (unpaired) electrons. The number of allylic oxidation sites excluding steroid dienone is 2. The average Bonchev–Trinajstić information content (AvgIpc) is 3.04. The van der Waals surface area contributed by atoms with Gasteiger partial charge in [0.05, 0.1) is 18.3 Å². The SMILES string of the molecule is CCOc1cccc2c1N[C@H](c1cccc(Br)c1)[C@@H]1CC=C[C@@H]21. The Morgan fingerprint density at radius 1 is 1.22 bits per heavy atom. The fourth-order valence-corrected chi connectivity index (χ4v) is 4.32. The van der Waals surface area contributed by atoms with Crippen molar-refractivity contribution in [1.29, 1.82) is 0 Å². The van der Waals surface area contributed by atoms with E-state index in [1.165, 1.54) is 11.1 Å². The highest BCUT2D eigenvalue weighted by Crippen LogP contribution is 2.52. The molecule has 1 heterocycles. The van der Waals surface area contributed by atoms with E-state index in [0.717, 1.165) is 22.3 Å². The maximum Gasteiger partial charge on any atom is 0.142 e. The van der Waals surface area contributed by atoms with Crippen LogP contribution >= 0.6 is 15.9 Å². The lowest BCUT2D eigenvalue weighted by atomic mass is 9.77. The first-order valence-electron chi connectivity index (χ1n) is 8.22. The molecule has 3 heteroatoms. The lowest BCUT2D eigenvalue weighted by Crippen LogP contribution is -2.29. The fourth-order valence-electron chi connectivity index (χ4n) is 3.90. The zero-order valence-electron chi connectivity index (χ0n) is 13.1. The molecule has 0 saturated heterocycles. The Labute approximate surface area is 145 Å². The molecule has 2 aromatic carbocycles. The van der Waals surface area contributed by atoms with Crippen molar-refractivity contribution in [1.82, 2.24) is 0 Å². The first-order valence-corrected chi connectivity index (χ1v) is 9.01. The largest absolute Gasteiger partial charge is 0.492 e. The van der Waals surface area contributed by atoms with Crippen molar-refractivity contribution in [2.45, 2.75) is 25.3 Å². The number of halogens is 1. The summed E-state index contributed by atoms with van der Waals surface area (Å²) < 4.78 is 6.99. The van der Waals surface area contributed by atoms with E-state index in [4.69, 9.17) is 4.74 Å². The smallest absolute Gasteiger partial charge is 0.142 e. The molecule has 0 saturated carbocycles. The molecule has 0 spiro atoms. The van der Waals surface area contributed by atoms with Crippen LogP contribution < -0.4 is 10.1 Å². The Balaban J connectivity index is 1.80. The third kappa shape index (κ3) is 2.57. The summed E-state index contributed by atoms with van der Waals surface area (Å²) in [5.41, 5.74) is 3.85. The highest BCUT2D eigenvalue weighted by Gasteiger charge is 2.38. The molecular formula is C20H20BrNO. The number of para-hydroxylation sites is 1. The van der Waals surface area contributed by atoms with Crippen LogP contribution in [-0.2, 0) is 0 Å². The van der Waals surface area contributed by atoms with Crippen molar-refractivity contribution in [3.8, 4) is 5.75 Å². The van der Waals surface area contributed by atoms with Crippen LogP contribution in [-0.4, -0.2) is 6.61 Å². The molecule has 2 nitrogen and oxygen atoms in total. The zero-order chi connectivity index (χ0) is 15.8. The van der Waals surface area contributed by atoms with Crippen LogP contribution in [0.25, 0.3) is 0 Å². The summed E-state index contributed by atoms with van der Waals surface area (Å²) in [6.07, 6.45) is 5.81. The van der Waals surface area contributed by atoms with E-state index in [1.54, 1.807) is 0 Å². The Morgan fingerprint density at radius 2 is 2.09 bits per heavy atom. The van der Waals surface area contributed by atoms with Crippen LogP contribution in [0.1, 0.15) is 36.4 Å². The lowest BCUT2D eigenvalue weighted by molar-refractivity contribution is 0.337. The Bertz CT molecular complexity index is 755. The van der Waals surface area contributed by atoms with Gasteiger partial charge in [-0.1, -0.05) is 52.3 Å². The minimum Gasteiger partial charge on any atom is -0.492 e. The van der Waals surface area contributed by atoms with E-state index in [-0.39, 0.29) is 0 Å². The second-order valence-electron chi connectivity index (χ2n) is 6.18. The second kappa shape index (κ2) is 6.04. The van der Waals surface area contributed by atoms with Crippen LogP contribution in [0.4, 0.5) is 5.69 Å². The van der Waals surface area contributed by atoms with Crippen molar-refractivity contribution < 1.29 is 4.74 Å². The molecule has 0 unspecified atom stereocenters. The molecule has 1 aliphatic carbocycles. The summed E-state index contributed by atoms with van der Waals surface area (Å²) >= 11 is 3.60. The van der Waals surface area contributed by atoms with E-state index >= 15 is 0 Å². The monoisotopic (exact) mass is 369 g/mol. The van der Waals surface area contributed by atoms with Gasteiger partial charge in [0.2, 0.25) is 0 Å².